The normalized spacial score (nSPS) is 42.5. The van der Waals surface area contributed by atoms with E-state index in [0.717, 1.165) is 38.5 Å². The van der Waals surface area contributed by atoms with Crippen LogP contribution in [-0.4, -0.2) is 77.3 Å². The maximum Gasteiger partial charge on any atom is 0.239 e. The van der Waals surface area contributed by atoms with Gasteiger partial charge in [-0.1, -0.05) is 20.8 Å². The van der Waals surface area contributed by atoms with Crippen LogP contribution in [0.5, 0.6) is 0 Å². The molecular weight excluding hydrogens is 524 g/mol. The Balaban J connectivity index is 1.33. The van der Waals surface area contributed by atoms with Crippen LogP contribution >= 0.6 is 0 Å². The lowest BCUT2D eigenvalue weighted by atomic mass is 9.43. The molecular formula is C28H47N2O8S-. The summed E-state index contributed by atoms with van der Waals surface area (Å²) in [5.74, 6) is -0.259. The number of rotatable bonds is 9. The summed E-state index contributed by atoms with van der Waals surface area (Å²) in [5, 5.41) is 38.2. The molecule has 0 aromatic rings. The van der Waals surface area contributed by atoms with Crippen LogP contribution in [0.25, 0.3) is 0 Å². The largest absolute Gasteiger partial charge is 0.748 e. The molecule has 0 spiro atoms. The smallest absolute Gasteiger partial charge is 0.239 e. The highest BCUT2D eigenvalue weighted by Crippen LogP contribution is 2.68. The van der Waals surface area contributed by atoms with Gasteiger partial charge in [-0.25, -0.2) is 8.42 Å². The molecule has 5 N–H and O–H groups in total. The molecule has 2 amide bonds. The highest BCUT2D eigenvalue weighted by atomic mass is 32.2. The SMILES string of the molecule is C[C@H](CCC(=O)NCC(=O)NCCS(=O)(=O)[O-])[C@H]1CCC2C3C(C[C@H](O)[C@@]21C)[C@@]1(C)CC[C@@H](O)C[C@H]1C[C@H]3O. The van der Waals surface area contributed by atoms with Gasteiger partial charge in [0.25, 0.3) is 0 Å². The van der Waals surface area contributed by atoms with E-state index in [1.165, 1.54) is 0 Å². The summed E-state index contributed by atoms with van der Waals surface area (Å²) < 4.78 is 31.9. The maximum absolute atomic E-state index is 12.4. The standard InChI is InChI=1S/C28H48N2O8S/c1-16(4-7-24(34)30-15-25(35)29-10-11-39(36,37)38)19-5-6-20-26-21(14-23(33)28(19,20)3)27(2)9-8-18(31)12-17(27)13-22(26)32/h16-23,26,31-33H,4-15H2,1-3H3,(H,29,35)(H,30,34)(H,36,37,38)/p-1/t16-,17+,18-,19-,20?,21?,22-,23+,26?,27+,28-/m1/s1. The second-order valence-electron chi connectivity index (χ2n) is 13.4. The first kappa shape index (κ1) is 30.7. The maximum atomic E-state index is 12.4. The minimum atomic E-state index is -4.41. The van der Waals surface area contributed by atoms with Crippen LogP contribution in [0.2, 0.25) is 0 Å². The van der Waals surface area contributed by atoms with E-state index >= 15 is 0 Å². The molecule has 0 aromatic carbocycles. The first-order valence-corrected chi connectivity index (χ1v) is 16.3. The van der Waals surface area contributed by atoms with Crippen LogP contribution in [0.4, 0.5) is 0 Å². The Morgan fingerprint density at radius 3 is 2.41 bits per heavy atom. The summed E-state index contributed by atoms with van der Waals surface area (Å²) in [4.78, 5) is 24.2. The van der Waals surface area contributed by atoms with E-state index in [1.807, 2.05) is 0 Å². The number of carbonyl (C=O) groups is 2. The van der Waals surface area contributed by atoms with Crippen LogP contribution in [0, 0.1) is 46.3 Å². The summed E-state index contributed by atoms with van der Waals surface area (Å²) in [6.07, 6.45) is 5.39. The van der Waals surface area contributed by atoms with Gasteiger partial charge in [0, 0.05) is 13.0 Å². The zero-order chi connectivity index (χ0) is 28.8. The molecule has 3 unspecified atom stereocenters. The fourth-order valence-electron chi connectivity index (χ4n) is 9.34. The third-order valence-electron chi connectivity index (χ3n) is 11.5. The average molecular weight is 572 g/mol. The predicted molar refractivity (Wildman–Crippen MR) is 143 cm³/mol. The van der Waals surface area contributed by atoms with Crippen molar-refractivity contribution in [3.8, 4) is 0 Å². The molecule has 4 fully saturated rings. The Bertz CT molecular complexity index is 1020. The van der Waals surface area contributed by atoms with E-state index in [1.54, 1.807) is 0 Å². The molecule has 224 valence electrons. The minimum Gasteiger partial charge on any atom is -0.748 e. The summed E-state index contributed by atoms with van der Waals surface area (Å²) in [6.45, 7) is 6.05. The zero-order valence-corrected chi connectivity index (χ0v) is 24.3. The van der Waals surface area contributed by atoms with Crippen molar-refractivity contribution < 1.29 is 37.9 Å². The van der Waals surface area contributed by atoms with Crippen LogP contribution in [0.15, 0.2) is 0 Å². The van der Waals surface area contributed by atoms with Gasteiger partial charge in [0.05, 0.1) is 40.7 Å². The molecule has 0 bridgehead atoms. The van der Waals surface area contributed by atoms with Gasteiger partial charge in [0.2, 0.25) is 11.8 Å². The van der Waals surface area contributed by atoms with Gasteiger partial charge in [0.15, 0.2) is 0 Å². The fourth-order valence-corrected chi connectivity index (χ4v) is 9.69. The molecule has 11 heteroatoms. The Kier molecular flexibility index (Phi) is 9.08. The second kappa shape index (κ2) is 11.5. The van der Waals surface area contributed by atoms with Gasteiger partial charge in [-0.2, -0.15) is 0 Å². The molecule has 0 radical (unpaired) electrons. The molecule has 39 heavy (non-hydrogen) atoms. The molecule has 4 saturated carbocycles. The Labute approximate surface area is 232 Å². The number of carbonyl (C=O) groups excluding carboxylic acids is 2. The van der Waals surface area contributed by atoms with Crippen LogP contribution in [0.1, 0.15) is 78.6 Å². The molecule has 0 aliphatic heterocycles. The van der Waals surface area contributed by atoms with E-state index in [2.05, 4.69) is 31.4 Å². The van der Waals surface area contributed by atoms with Gasteiger partial charge >= 0.3 is 0 Å². The molecule has 4 aliphatic rings. The van der Waals surface area contributed by atoms with Gasteiger partial charge in [-0.05, 0) is 97.7 Å². The number of aliphatic hydroxyl groups excluding tert-OH is 3. The van der Waals surface area contributed by atoms with Crippen molar-refractivity contribution in [3.63, 3.8) is 0 Å². The first-order chi connectivity index (χ1) is 18.2. The van der Waals surface area contributed by atoms with E-state index in [-0.39, 0.29) is 77.9 Å². The molecule has 0 saturated heterocycles. The highest BCUT2D eigenvalue weighted by molar-refractivity contribution is 7.85. The Morgan fingerprint density at radius 2 is 1.72 bits per heavy atom. The first-order valence-electron chi connectivity index (χ1n) is 14.7. The van der Waals surface area contributed by atoms with Crippen LogP contribution in [0.3, 0.4) is 0 Å². The molecule has 11 atom stereocenters. The van der Waals surface area contributed by atoms with E-state index in [9.17, 15) is 37.9 Å². The number of nitrogens with one attached hydrogen (secondary N) is 2. The Hall–Kier alpha value is -1.27. The van der Waals surface area contributed by atoms with Crippen molar-refractivity contribution in [1.82, 2.24) is 10.6 Å². The van der Waals surface area contributed by atoms with Gasteiger partial charge in [0.1, 0.15) is 0 Å². The van der Waals surface area contributed by atoms with Crippen LogP contribution in [-0.2, 0) is 19.7 Å². The predicted octanol–water partition coefficient (Wildman–Crippen LogP) is 1.14. The molecule has 0 aromatic heterocycles. The number of fused-ring (bicyclic) bond motifs is 5. The summed E-state index contributed by atoms with van der Waals surface area (Å²) in [7, 11) is -4.41. The number of hydrogen-bond donors (Lipinski definition) is 5. The lowest BCUT2D eigenvalue weighted by molar-refractivity contribution is -0.207. The monoisotopic (exact) mass is 571 g/mol. The van der Waals surface area contributed by atoms with Crippen LogP contribution < -0.4 is 10.6 Å². The number of amides is 2. The number of aliphatic hydroxyl groups is 3. The summed E-state index contributed by atoms with van der Waals surface area (Å²) in [5.41, 5.74) is -0.306. The van der Waals surface area contributed by atoms with Crippen molar-refractivity contribution in [2.24, 2.45) is 46.3 Å². The van der Waals surface area contributed by atoms with Gasteiger partial charge < -0.3 is 30.5 Å². The Morgan fingerprint density at radius 1 is 1.00 bits per heavy atom. The third kappa shape index (κ3) is 6.17. The molecule has 10 nitrogen and oxygen atoms in total. The summed E-state index contributed by atoms with van der Waals surface area (Å²) in [6, 6.07) is 0. The van der Waals surface area contributed by atoms with E-state index in [4.69, 9.17) is 0 Å². The van der Waals surface area contributed by atoms with E-state index < -0.39 is 34.0 Å². The second-order valence-corrected chi connectivity index (χ2v) is 15.0. The molecule has 0 heterocycles. The third-order valence-corrected chi connectivity index (χ3v) is 12.2. The lowest BCUT2D eigenvalue weighted by Gasteiger charge is -2.63. The fraction of sp³-hybridized carbons (Fsp3) is 0.929. The average Bonchev–Trinajstić information content (AvgIpc) is 3.20. The van der Waals surface area contributed by atoms with Crippen molar-refractivity contribution in [1.29, 1.82) is 0 Å². The molecule has 4 aliphatic carbocycles. The lowest BCUT2D eigenvalue weighted by Crippen LogP contribution is -2.62. The zero-order valence-electron chi connectivity index (χ0n) is 23.5. The quantitative estimate of drug-likeness (QED) is 0.256. The van der Waals surface area contributed by atoms with Crippen molar-refractivity contribution >= 4 is 21.9 Å². The topological polar surface area (TPSA) is 176 Å². The van der Waals surface area contributed by atoms with Gasteiger partial charge in [-0.3, -0.25) is 9.59 Å². The van der Waals surface area contributed by atoms with E-state index in [0.29, 0.717) is 12.8 Å². The highest BCUT2D eigenvalue weighted by Gasteiger charge is 2.65. The van der Waals surface area contributed by atoms with Crippen molar-refractivity contribution in [3.05, 3.63) is 0 Å². The van der Waals surface area contributed by atoms with Crippen molar-refractivity contribution in [2.75, 3.05) is 18.8 Å². The minimum absolute atomic E-state index is 0.0305. The molecule has 4 rings (SSSR count). The van der Waals surface area contributed by atoms with Crippen molar-refractivity contribution in [2.45, 2.75) is 96.9 Å². The number of hydrogen-bond acceptors (Lipinski definition) is 8. The van der Waals surface area contributed by atoms with Gasteiger partial charge in [-0.15, -0.1) is 0 Å². The summed E-state index contributed by atoms with van der Waals surface area (Å²) >= 11 is 0.